The molecular formula is C11H21N3O4S. The van der Waals surface area contributed by atoms with Crippen molar-refractivity contribution in [1.82, 2.24) is 4.90 Å². The van der Waals surface area contributed by atoms with Crippen LogP contribution >= 0.6 is 0 Å². The van der Waals surface area contributed by atoms with Crippen LogP contribution in [0.4, 0.5) is 0 Å². The number of carbonyl (C=O) groups excluding carboxylic acids is 1. The number of carbonyl (C=O) groups is 1. The Labute approximate surface area is 113 Å². The molecule has 7 nitrogen and oxygen atoms in total. The summed E-state index contributed by atoms with van der Waals surface area (Å²) in [6.07, 6.45) is 2.38. The molecule has 19 heavy (non-hydrogen) atoms. The zero-order valence-electron chi connectivity index (χ0n) is 11.1. The zero-order valence-corrected chi connectivity index (χ0v) is 11.9. The molecule has 1 saturated heterocycles. The molecule has 0 aromatic carbocycles. The second-order valence-corrected chi connectivity index (χ2v) is 7.01. The van der Waals surface area contributed by atoms with Gasteiger partial charge < -0.3 is 15.8 Å². The number of rotatable bonds is 5. The van der Waals surface area contributed by atoms with Crippen LogP contribution in [0.1, 0.15) is 32.6 Å². The van der Waals surface area contributed by atoms with Crippen LogP contribution in [0.15, 0.2) is 5.16 Å². The monoisotopic (exact) mass is 291 g/mol. The number of oxime groups is 1. The number of amidine groups is 1. The molecule has 8 heteroatoms. The van der Waals surface area contributed by atoms with E-state index in [1.807, 2.05) is 6.92 Å². The molecule has 1 fully saturated rings. The maximum atomic E-state index is 12.3. The molecule has 1 atom stereocenters. The van der Waals surface area contributed by atoms with Crippen molar-refractivity contribution in [3.05, 3.63) is 0 Å². The lowest BCUT2D eigenvalue weighted by Gasteiger charge is -2.28. The van der Waals surface area contributed by atoms with Crippen LogP contribution in [0.3, 0.4) is 0 Å². The molecule has 0 bridgehead atoms. The Bertz CT molecular complexity index is 447. The van der Waals surface area contributed by atoms with Crippen LogP contribution in [-0.2, 0) is 14.6 Å². The Morgan fingerprint density at radius 1 is 1.47 bits per heavy atom. The van der Waals surface area contributed by atoms with Gasteiger partial charge in [-0.1, -0.05) is 18.5 Å². The third-order valence-electron chi connectivity index (χ3n) is 3.14. The predicted molar refractivity (Wildman–Crippen MR) is 71.7 cm³/mol. The molecule has 1 aliphatic heterocycles. The summed E-state index contributed by atoms with van der Waals surface area (Å²) in [5.41, 5.74) is 5.40. The van der Waals surface area contributed by atoms with Gasteiger partial charge in [0.15, 0.2) is 15.7 Å². The highest BCUT2D eigenvalue weighted by atomic mass is 32.2. The fraction of sp³-hybridized carbons (Fsp3) is 0.818. The summed E-state index contributed by atoms with van der Waals surface area (Å²) in [6.45, 7) is 2.22. The first kappa shape index (κ1) is 15.7. The molecule has 110 valence electrons. The fourth-order valence-corrected chi connectivity index (χ4v) is 4.07. The molecule has 0 spiro atoms. The molecule has 1 rings (SSSR count). The van der Waals surface area contributed by atoms with Crippen LogP contribution in [0, 0.1) is 0 Å². The molecule has 0 saturated carbocycles. The second-order valence-electron chi connectivity index (χ2n) is 4.70. The van der Waals surface area contributed by atoms with Crippen LogP contribution in [-0.4, -0.2) is 54.4 Å². The smallest absolute Gasteiger partial charge is 0.241 e. The van der Waals surface area contributed by atoms with E-state index < -0.39 is 21.0 Å². The van der Waals surface area contributed by atoms with Crippen LogP contribution in [0.2, 0.25) is 0 Å². The predicted octanol–water partition coefficient (Wildman–Crippen LogP) is -0.0613. The maximum Gasteiger partial charge on any atom is 0.241 e. The molecule has 1 heterocycles. The summed E-state index contributed by atoms with van der Waals surface area (Å²) in [4.78, 5) is 13.7. The van der Waals surface area contributed by atoms with Gasteiger partial charge in [-0.2, -0.15) is 0 Å². The van der Waals surface area contributed by atoms with Gasteiger partial charge in [0.25, 0.3) is 0 Å². The summed E-state index contributed by atoms with van der Waals surface area (Å²) in [5, 5.41) is 10.4. The molecule has 0 aromatic heterocycles. The van der Waals surface area contributed by atoms with Crippen molar-refractivity contribution in [3.8, 4) is 0 Å². The van der Waals surface area contributed by atoms with Gasteiger partial charge in [0.2, 0.25) is 5.91 Å². The summed E-state index contributed by atoms with van der Waals surface area (Å²) < 4.78 is 23.9. The first-order chi connectivity index (χ1) is 8.92. The third kappa shape index (κ3) is 4.09. The van der Waals surface area contributed by atoms with Crippen molar-refractivity contribution in [2.24, 2.45) is 10.9 Å². The van der Waals surface area contributed by atoms with E-state index in [0.717, 1.165) is 6.42 Å². The number of hydrogen-bond acceptors (Lipinski definition) is 5. The van der Waals surface area contributed by atoms with E-state index in [1.165, 1.54) is 4.90 Å². The van der Waals surface area contributed by atoms with Crippen LogP contribution in [0.25, 0.3) is 0 Å². The highest BCUT2D eigenvalue weighted by Crippen LogP contribution is 2.21. The van der Waals surface area contributed by atoms with Crippen molar-refractivity contribution in [2.75, 3.05) is 18.8 Å². The SMILES string of the molecule is CCCN(CC(N)=NO)C(=O)C1CCCCS1(=O)=O. The molecule has 3 N–H and O–H groups in total. The zero-order chi connectivity index (χ0) is 14.5. The van der Waals surface area contributed by atoms with Gasteiger partial charge >= 0.3 is 0 Å². The first-order valence-electron chi connectivity index (χ1n) is 6.39. The van der Waals surface area contributed by atoms with E-state index in [4.69, 9.17) is 10.9 Å². The summed E-state index contributed by atoms with van der Waals surface area (Å²) >= 11 is 0. The number of nitrogens with zero attached hydrogens (tertiary/aromatic N) is 2. The van der Waals surface area contributed by atoms with Gasteiger partial charge in [-0.3, -0.25) is 4.79 Å². The number of sulfone groups is 1. The molecule has 1 aliphatic rings. The normalized spacial score (nSPS) is 23.0. The van der Waals surface area contributed by atoms with E-state index in [0.29, 0.717) is 25.8 Å². The van der Waals surface area contributed by atoms with E-state index in [9.17, 15) is 13.2 Å². The minimum absolute atomic E-state index is 0.0464. The van der Waals surface area contributed by atoms with Crippen molar-refractivity contribution < 1.29 is 18.4 Å². The van der Waals surface area contributed by atoms with Gasteiger partial charge in [-0.05, 0) is 19.3 Å². The molecule has 1 unspecified atom stereocenters. The van der Waals surface area contributed by atoms with Gasteiger partial charge in [0, 0.05) is 6.54 Å². The Kier molecular flexibility index (Phi) is 5.59. The topological polar surface area (TPSA) is 113 Å². The highest BCUT2D eigenvalue weighted by Gasteiger charge is 2.37. The van der Waals surface area contributed by atoms with E-state index in [2.05, 4.69) is 5.16 Å². The minimum atomic E-state index is -3.36. The molecule has 0 aromatic rings. The van der Waals surface area contributed by atoms with Crippen molar-refractivity contribution in [1.29, 1.82) is 0 Å². The Morgan fingerprint density at radius 3 is 2.68 bits per heavy atom. The molecule has 1 amide bonds. The van der Waals surface area contributed by atoms with E-state index >= 15 is 0 Å². The number of hydrogen-bond donors (Lipinski definition) is 2. The molecule has 0 aliphatic carbocycles. The summed E-state index contributed by atoms with van der Waals surface area (Å²) in [6, 6.07) is 0. The second kappa shape index (κ2) is 6.74. The largest absolute Gasteiger partial charge is 0.409 e. The van der Waals surface area contributed by atoms with E-state index in [-0.39, 0.29) is 18.1 Å². The average molecular weight is 291 g/mol. The van der Waals surface area contributed by atoms with Crippen LogP contribution in [0.5, 0.6) is 0 Å². The molecule has 0 radical (unpaired) electrons. The average Bonchev–Trinajstić information content (AvgIpc) is 2.36. The van der Waals surface area contributed by atoms with Gasteiger partial charge in [-0.15, -0.1) is 0 Å². The Hall–Kier alpha value is -1.31. The van der Waals surface area contributed by atoms with Crippen molar-refractivity contribution >= 4 is 21.6 Å². The number of nitrogens with two attached hydrogens (primary N) is 1. The van der Waals surface area contributed by atoms with Crippen LogP contribution < -0.4 is 5.73 Å². The fourth-order valence-electron chi connectivity index (χ4n) is 2.20. The lowest BCUT2D eigenvalue weighted by atomic mass is 10.1. The Morgan fingerprint density at radius 2 is 2.16 bits per heavy atom. The minimum Gasteiger partial charge on any atom is -0.409 e. The highest BCUT2D eigenvalue weighted by molar-refractivity contribution is 7.92. The Balaban J connectivity index is 2.86. The lowest BCUT2D eigenvalue weighted by molar-refractivity contribution is -0.130. The maximum absolute atomic E-state index is 12.3. The van der Waals surface area contributed by atoms with Gasteiger partial charge in [0.05, 0.1) is 12.3 Å². The number of amides is 1. The van der Waals surface area contributed by atoms with Crippen molar-refractivity contribution in [3.63, 3.8) is 0 Å². The third-order valence-corrected chi connectivity index (χ3v) is 5.30. The van der Waals surface area contributed by atoms with Gasteiger partial charge in [-0.25, -0.2) is 8.42 Å². The van der Waals surface area contributed by atoms with Crippen molar-refractivity contribution in [2.45, 2.75) is 37.9 Å². The quantitative estimate of drug-likeness (QED) is 0.319. The standard InChI is InChI=1S/C11H21N3O4S/c1-2-6-14(8-10(12)13-16)11(15)9-5-3-4-7-19(9,17)18/h9,16H,2-8H2,1H3,(H2,12,13). The van der Waals surface area contributed by atoms with E-state index in [1.54, 1.807) is 0 Å². The lowest BCUT2D eigenvalue weighted by Crippen LogP contribution is -2.48. The molecular weight excluding hydrogens is 270 g/mol. The summed E-state index contributed by atoms with van der Waals surface area (Å²) in [7, 11) is -3.36. The first-order valence-corrected chi connectivity index (χ1v) is 8.10. The summed E-state index contributed by atoms with van der Waals surface area (Å²) in [5.74, 6) is -0.476. The van der Waals surface area contributed by atoms with Gasteiger partial charge in [0.1, 0.15) is 5.25 Å².